The zero-order chi connectivity index (χ0) is 14.8. The highest BCUT2D eigenvalue weighted by Crippen LogP contribution is 2.23. The third kappa shape index (κ3) is 2.59. The molecule has 2 amide bonds. The number of hydrogen-bond donors (Lipinski definition) is 1. The second kappa shape index (κ2) is 5.53. The van der Waals surface area contributed by atoms with Gasteiger partial charge in [0, 0.05) is 24.6 Å². The van der Waals surface area contributed by atoms with Crippen molar-refractivity contribution in [1.29, 1.82) is 0 Å². The van der Waals surface area contributed by atoms with Crippen molar-refractivity contribution in [1.82, 2.24) is 14.9 Å². The predicted molar refractivity (Wildman–Crippen MR) is 77.4 cm³/mol. The Hall–Kier alpha value is -2.41. The van der Waals surface area contributed by atoms with E-state index in [4.69, 9.17) is 0 Å². The lowest BCUT2D eigenvalue weighted by atomic mass is 10.1. The summed E-state index contributed by atoms with van der Waals surface area (Å²) in [5.74, 6) is -0.0743. The van der Waals surface area contributed by atoms with Crippen LogP contribution in [-0.2, 0) is 0 Å². The number of nitrogens with one attached hydrogen (secondary N) is 1. The number of imide groups is 1. The molecule has 21 heavy (non-hydrogen) atoms. The molecule has 0 saturated carbocycles. The molecule has 0 fully saturated rings. The Morgan fingerprint density at radius 1 is 1.05 bits per heavy atom. The number of nitrogens with zero attached hydrogens (tertiary/aromatic N) is 2. The molecular formula is C14H11N3O3S. The summed E-state index contributed by atoms with van der Waals surface area (Å²) in [4.78, 5) is 43.2. The third-order valence-electron chi connectivity index (χ3n) is 3.08. The van der Waals surface area contributed by atoms with Crippen LogP contribution in [0.1, 0.15) is 20.7 Å². The average molecular weight is 301 g/mol. The van der Waals surface area contributed by atoms with Crippen molar-refractivity contribution in [3.8, 4) is 0 Å². The largest absolute Gasteiger partial charge is 0.301 e. The molecule has 6 nitrogen and oxygen atoms in total. The molecule has 0 atom stereocenters. The average Bonchev–Trinajstić information content (AvgIpc) is 2.73. The first-order valence-electron chi connectivity index (χ1n) is 6.30. The van der Waals surface area contributed by atoms with Crippen LogP contribution < -0.4 is 5.56 Å². The van der Waals surface area contributed by atoms with Crippen LogP contribution in [0, 0.1) is 0 Å². The summed E-state index contributed by atoms with van der Waals surface area (Å²) in [6.07, 6.45) is 1.42. The van der Waals surface area contributed by atoms with Gasteiger partial charge >= 0.3 is 0 Å². The van der Waals surface area contributed by atoms with Crippen LogP contribution in [0.5, 0.6) is 0 Å². The lowest BCUT2D eigenvalue weighted by Crippen LogP contribution is -2.31. The fourth-order valence-electron chi connectivity index (χ4n) is 2.10. The normalized spacial score (nSPS) is 13.6. The number of fused-ring (bicyclic) bond motifs is 1. The van der Waals surface area contributed by atoms with Gasteiger partial charge in [-0.25, -0.2) is 4.98 Å². The summed E-state index contributed by atoms with van der Waals surface area (Å²) in [5.41, 5.74) is 0.658. The summed E-state index contributed by atoms with van der Waals surface area (Å²) >= 11 is 1.29. The number of carbonyl (C=O) groups excluding carboxylic acids is 2. The van der Waals surface area contributed by atoms with Crippen molar-refractivity contribution in [2.45, 2.75) is 5.16 Å². The van der Waals surface area contributed by atoms with Crippen molar-refractivity contribution in [2.24, 2.45) is 0 Å². The number of hydrogen-bond acceptors (Lipinski definition) is 5. The van der Waals surface area contributed by atoms with Crippen LogP contribution in [0.3, 0.4) is 0 Å². The van der Waals surface area contributed by atoms with E-state index in [1.807, 2.05) is 0 Å². The van der Waals surface area contributed by atoms with Crippen LogP contribution in [0.2, 0.25) is 0 Å². The third-order valence-corrected chi connectivity index (χ3v) is 3.95. The number of amides is 2. The number of aromatic nitrogens is 2. The monoisotopic (exact) mass is 301 g/mol. The van der Waals surface area contributed by atoms with Gasteiger partial charge in [-0.05, 0) is 12.1 Å². The van der Waals surface area contributed by atoms with E-state index in [2.05, 4.69) is 9.97 Å². The van der Waals surface area contributed by atoms with Gasteiger partial charge in [0.1, 0.15) is 0 Å². The quantitative estimate of drug-likeness (QED) is 0.520. The molecule has 106 valence electrons. The minimum absolute atomic E-state index is 0.228. The van der Waals surface area contributed by atoms with Gasteiger partial charge in [0.25, 0.3) is 17.4 Å². The molecule has 2 heterocycles. The van der Waals surface area contributed by atoms with E-state index >= 15 is 0 Å². The van der Waals surface area contributed by atoms with Crippen molar-refractivity contribution >= 4 is 23.6 Å². The van der Waals surface area contributed by atoms with Gasteiger partial charge in [0.15, 0.2) is 5.16 Å². The maximum atomic E-state index is 12.1. The first-order chi connectivity index (χ1) is 10.2. The van der Waals surface area contributed by atoms with Gasteiger partial charge in [-0.1, -0.05) is 23.9 Å². The highest BCUT2D eigenvalue weighted by molar-refractivity contribution is 7.99. The molecule has 7 heteroatoms. The Labute approximate surface area is 124 Å². The van der Waals surface area contributed by atoms with Crippen LogP contribution in [-0.4, -0.2) is 39.0 Å². The van der Waals surface area contributed by atoms with E-state index in [0.717, 1.165) is 0 Å². The van der Waals surface area contributed by atoms with Gasteiger partial charge in [-0.2, -0.15) is 0 Å². The smallest absolute Gasteiger partial charge is 0.261 e. The molecule has 1 N–H and O–H groups in total. The summed E-state index contributed by atoms with van der Waals surface area (Å²) in [7, 11) is 0. The Kier molecular flexibility index (Phi) is 3.57. The van der Waals surface area contributed by atoms with E-state index in [9.17, 15) is 14.4 Å². The van der Waals surface area contributed by atoms with Crippen LogP contribution in [0.15, 0.2) is 46.5 Å². The lowest BCUT2D eigenvalue weighted by Gasteiger charge is -2.12. The molecule has 3 rings (SSSR count). The Morgan fingerprint density at radius 3 is 2.33 bits per heavy atom. The number of carbonyl (C=O) groups is 2. The number of thioether (sulfide) groups is 1. The van der Waals surface area contributed by atoms with Crippen molar-refractivity contribution in [3.63, 3.8) is 0 Å². The Morgan fingerprint density at radius 2 is 1.71 bits per heavy atom. The molecule has 0 spiro atoms. The molecule has 1 aromatic carbocycles. The Balaban J connectivity index is 1.66. The lowest BCUT2D eigenvalue weighted by molar-refractivity contribution is 0.0664. The minimum atomic E-state index is -0.272. The molecule has 0 unspecified atom stereocenters. The summed E-state index contributed by atoms with van der Waals surface area (Å²) in [6, 6.07) is 8.11. The maximum Gasteiger partial charge on any atom is 0.261 e. The van der Waals surface area contributed by atoms with Crippen LogP contribution in [0.4, 0.5) is 0 Å². The van der Waals surface area contributed by atoms with Gasteiger partial charge in [0.05, 0.1) is 11.1 Å². The summed E-state index contributed by atoms with van der Waals surface area (Å²) in [5, 5.41) is 0.471. The fourth-order valence-corrected chi connectivity index (χ4v) is 2.88. The number of aromatic amines is 1. The standard InChI is InChI=1S/C14H11N3O3S/c18-11-5-6-15-14(16-11)21-8-7-17-12(19)9-3-1-2-4-10(9)13(17)20/h1-6H,7-8H2,(H,15,16,18). The van der Waals surface area contributed by atoms with E-state index in [1.165, 1.54) is 28.9 Å². The fraction of sp³-hybridized carbons (Fsp3) is 0.143. The molecule has 1 aromatic heterocycles. The molecule has 0 saturated heterocycles. The first-order valence-corrected chi connectivity index (χ1v) is 7.29. The van der Waals surface area contributed by atoms with Gasteiger partial charge in [0.2, 0.25) is 0 Å². The highest BCUT2D eigenvalue weighted by Gasteiger charge is 2.34. The SMILES string of the molecule is O=C1c2ccccc2C(=O)N1CCSc1nccc(=O)[nH]1. The van der Waals surface area contributed by atoms with Crippen molar-refractivity contribution in [3.05, 3.63) is 58.0 Å². The molecule has 1 aliphatic heterocycles. The predicted octanol–water partition coefficient (Wildman–Crippen LogP) is 1.16. The summed E-state index contributed by atoms with van der Waals surface area (Å²) in [6.45, 7) is 0.273. The molecule has 2 aromatic rings. The molecule has 0 aliphatic carbocycles. The number of H-pyrrole nitrogens is 1. The maximum absolute atomic E-state index is 12.1. The second-order valence-corrected chi connectivity index (χ2v) is 5.48. The Bertz CT molecular complexity index is 737. The molecule has 0 radical (unpaired) electrons. The van der Waals surface area contributed by atoms with E-state index < -0.39 is 0 Å². The second-order valence-electron chi connectivity index (χ2n) is 4.40. The topological polar surface area (TPSA) is 83.1 Å². The minimum Gasteiger partial charge on any atom is -0.301 e. The van der Waals surface area contributed by atoms with Crippen LogP contribution >= 0.6 is 11.8 Å². The molecule has 0 bridgehead atoms. The van der Waals surface area contributed by atoms with Gasteiger partial charge in [-0.3, -0.25) is 19.3 Å². The van der Waals surface area contributed by atoms with Gasteiger partial charge in [-0.15, -0.1) is 0 Å². The molecule has 1 aliphatic rings. The zero-order valence-corrected chi connectivity index (χ0v) is 11.7. The van der Waals surface area contributed by atoms with E-state index in [-0.39, 0.29) is 23.9 Å². The highest BCUT2D eigenvalue weighted by atomic mass is 32.2. The van der Waals surface area contributed by atoms with E-state index in [0.29, 0.717) is 22.0 Å². The van der Waals surface area contributed by atoms with Gasteiger partial charge < -0.3 is 4.98 Å². The zero-order valence-electron chi connectivity index (χ0n) is 10.9. The number of rotatable bonds is 4. The first kappa shape index (κ1) is 13.6. The molecular weight excluding hydrogens is 290 g/mol. The van der Waals surface area contributed by atoms with Crippen LogP contribution in [0.25, 0.3) is 0 Å². The summed E-state index contributed by atoms with van der Waals surface area (Å²) < 4.78 is 0. The van der Waals surface area contributed by atoms with Crippen molar-refractivity contribution in [2.75, 3.05) is 12.3 Å². The number of benzene rings is 1. The van der Waals surface area contributed by atoms with Crippen molar-refractivity contribution < 1.29 is 9.59 Å². The van der Waals surface area contributed by atoms with E-state index in [1.54, 1.807) is 24.3 Å².